The molecule has 0 fully saturated rings. The van der Waals surface area contributed by atoms with Crippen LogP contribution in [0.2, 0.25) is 0 Å². The smallest absolute Gasteiger partial charge is 0.226 e. The summed E-state index contributed by atoms with van der Waals surface area (Å²) in [6, 6.07) is 15.5. The molecule has 7 heteroatoms. The van der Waals surface area contributed by atoms with Crippen molar-refractivity contribution >= 4 is 23.8 Å². The van der Waals surface area contributed by atoms with Crippen molar-refractivity contribution in [3.63, 3.8) is 0 Å². The summed E-state index contributed by atoms with van der Waals surface area (Å²) in [5, 5.41) is 10.0. The number of aromatic amines is 1. The van der Waals surface area contributed by atoms with E-state index in [2.05, 4.69) is 29.4 Å². The molecule has 3 rings (SSSR count). The molecule has 0 unspecified atom stereocenters. The number of amides is 1. The SMILES string of the molecule is COc1ccc(-c2n[nH]c(=S)n2CCC(=O)Nc2ccc(C(C)C)cc2)cc1. The van der Waals surface area contributed by atoms with Crippen molar-refractivity contribution in [1.29, 1.82) is 0 Å². The molecule has 0 saturated heterocycles. The Bertz CT molecular complexity index is 988. The minimum Gasteiger partial charge on any atom is -0.497 e. The molecule has 1 aromatic heterocycles. The van der Waals surface area contributed by atoms with Gasteiger partial charge in [0.15, 0.2) is 10.6 Å². The summed E-state index contributed by atoms with van der Waals surface area (Å²) in [7, 11) is 1.63. The molecular formula is C21H24N4O2S. The van der Waals surface area contributed by atoms with Crippen molar-refractivity contribution in [3.8, 4) is 17.1 Å². The number of aromatic nitrogens is 3. The Kier molecular flexibility index (Phi) is 6.26. The molecule has 28 heavy (non-hydrogen) atoms. The molecule has 2 aromatic carbocycles. The Morgan fingerprint density at radius 3 is 2.46 bits per heavy atom. The summed E-state index contributed by atoms with van der Waals surface area (Å²) < 4.78 is 7.51. The number of H-pyrrole nitrogens is 1. The number of nitrogens with one attached hydrogen (secondary N) is 2. The van der Waals surface area contributed by atoms with E-state index in [-0.39, 0.29) is 5.91 Å². The topological polar surface area (TPSA) is 71.9 Å². The van der Waals surface area contributed by atoms with Crippen LogP contribution in [0.4, 0.5) is 5.69 Å². The van der Waals surface area contributed by atoms with E-state index in [0.29, 0.717) is 29.5 Å². The van der Waals surface area contributed by atoms with Crippen LogP contribution in [0.1, 0.15) is 31.7 Å². The zero-order valence-corrected chi connectivity index (χ0v) is 17.0. The maximum absolute atomic E-state index is 12.4. The first-order chi connectivity index (χ1) is 13.5. The van der Waals surface area contributed by atoms with E-state index in [1.54, 1.807) is 7.11 Å². The minimum atomic E-state index is -0.0684. The first-order valence-corrected chi connectivity index (χ1v) is 9.58. The van der Waals surface area contributed by atoms with Crippen LogP contribution in [-0.2, 0) is 11.3 Å². The van der Waals surface area contributed by atoms with E-state index < -0.39 is 0 Å². The molecule has 3 aromatic rings. The third-order valence-electron chi connectivity index (χ3n) is 4.53. The third-order valence-corrected chi connectivity index (χ3v) is 4.84. The van der Waals surface area contributed by atoms with Crippen LogP contribution in [-0.4, -0.2) is 27.8 Å². The van der Waals surface area contributed by atoms with E-state index in [0.717, 1.165) is 17.0 Å². The summed E-state index contributed by atoms with van der Waals surface area (Å²) >= 11 is 5.33. The monoisotopic (exact) mass is 396 g/mol. The van der Waals surface area contributed by atoms with Crippen LogP contribution in [0.3, 0.4) is 0 Å². The molecule has 146 valence electrons. The second-order valence-electron chi connectivity index (χ2n) is 6.81. The number of hydrogen-bond acceptors (Lipinski definition) is 4. The molecule has 0 aliphatic rings. The predicted molar refractivity (Wildman–Crippen MR) is 113 cm³/mol. The number of methoxy groups -OCH3 is 1. The first kappa shape index (κ1) is 19.8. The molecule has 0 radical (unpaired) electrons. The van der Waals surface area contributed by atoms with Gasteiger partial charge in [-0.25, -0.2) is 0 Å². The maximum atomic E-state index is 12.4. The summed E-state index contributed by atoms with van der Waals surface area (Å²) in [6.07, 6.45) is 0.295. The lowest BCUT2D eigenvalue weighted by molar-refractivity contribution is -0.116. The van der Waals surface area contributed by atoms with Gasteiger partial charge in [0, 0.05) is 24.2 Å². The van der Waals surface area contributed by atoms with Gasteiger partial charge in [-0.3, -0.25) is 14.5 Å². The number of ether oxygens (including phenoxy) is 1. The molecule has 6 nitrogen and oxygen atoms in total. The highest BCUT2D eigenvalue weighted by atomic mass is 32.1. The number of nitrogens with zero attached hydrogens (tertiary/aromatic N) is 2. The Labute approximate surface area is 169 Å². The van der Waals surface area contributed by atoms with Gasteiger partial charge < -0.3 is 10.1 Å². The van der Waals surface area contributed by atoms with Gasteiger partial charge in [-0.1, -0.05) is 26.0 Å². The molecule has 0 bridgehead atoms. The van der Waals surface area contributed by atoms with Crippen molar-refractivity contribution in [2.75, 3.05) is 12.4 Å². The van der Waals surface area contributed by atoms with Gasteiger partial charge in [-0.05, 0) is 60.1 Å². The summed E-state index contributed by atoms with van der Waals surface area (Å²) in [5.41, 5.74) is 2.94. The fraction of sp³-hybridized carbons (Fsp3) is 0.286. The van der Waals surface area contributed by atoms with E-state index >= 15 is 0 Å². The summed E-state index contributed by atoms with van der Waals surface area (Å²) in [5.74, 6) is 1.86. The Morgan fingerprint density at radius 2 is 1.86 bits per heavy atom. The quantitative estimate of drug-likeness (QED) is 0.565. The molecule has 0 saturated carbocycles. The second-order valence-corrected chi connectivity index (χ2v) is 7.19. The van der Waals surface area contributed by atoms with Gasteiger partial charge in [0.05, 0.1) is 7.11 Å². The highest BCUT2D eigenvalue weighted by Crippen LogP contribution is 2.21. The van der Waals surface area contributed by atoms with Gasteiger partial charge in [0.25, 0.3) is 0 Å². The van der Waals surface area contributed by atoms with E-state index in [9.17, 15) is 4.79 Å². The standard InChI is InChI=1S/C21H24N4O2S/c1-14(2)15-4-8-17(9-5-15)22-19(26)12-13-25-20(23-24-21(25)28)16-6-10-18(27-3)11-7-16/h4-11,14H,12-13H2,1-3H3,(H,22,26)(H,24,28). The minimum absolute atomic E-state index is 0.0684. The van der Waals surface area contributed by atoms with Gasteiger partial charge >= 0.3 is 0 Å². The van der Waals surface area contributed by atoms with E-state index in [1.165, 1.54) is 5.56 Å². The van der Waals surface area contributed by atoms with Crippen LogP contribution < -0.4 is 10.1 Å². The number of carbonyl (C=O) groups excluding carboxylic acids is 1. The Morgan fingerprint density at radius 1 is 1.18 bits per heavy atom. The van der Waals surface area contributed by atoms with Gasteiger partial charge in [-0.2, -0.15) is 5.10 Å². The van der Waals surface area contributed by atoms with Crippen molar-refractivity contribution in [1.82, 2.24) is 14.8 Å². The van der Waals surface area contributed by atoms with Crippen LogP contribution in [0.15, 0.2) is 48.5 Å². The van der Waals surface area contributed by atoms with Crippen LogP contribution in [0, 0.1) is 4.77 Å². The first-order valence-electron chi connectivity index (χ1n) is 9.17. The van der Waals surface area contributed by atoms with Crippen molar-refractivity contribution in [2.24, 2.45) is 0 Å². The molecule has 0 aliphatic carbocycles. The molecular weight excluding hydrogens is 372 g/mol. The van der Waals surface area contributed by atoms with Crippen molar-refractivity contribution in [3.05, 3.63) is 58.9 Å². The average molecular weight is 397 g/mol. The van der Waals surface area contributed by atoms with Gasteiger partial charge in [0.1, 0.15) is 5.75 Å². The normalized spacial score (nSPS) is 10.9. The van der Waals surface area contributed by atoms with Crippen LogP contribution in [0.5, 0.6) is 5.75 Å². The molecule has 1 heterocycles. The zero-order chi connectivity index (χ0) is 20.1. The number of benzene rings is 2. The lowest BCUT2D eigenvalue weighted by atomic mass is 10.0. The maximum Gasteiger partial charge on any atom is 0.226 e. The lowest BCUT2D eigenvalue weighted by Crippen LogP contribution is -2.15. The second kappa shape index (κ2) is 8.84. The van der Waals surface area contributed by atoms with Crippen molar-refractivity contribution < 1.29 is 9.53 Å². The highest BCUT2D eigenvalue weighted by molar-refractivity contribution is 7.71. The Balaban J connectivity index is 1.66. The highest BCUT2D eigenvalue weighted by Gasteiger charge is 2.11. The number of hydrogen-bond donors (Lipinski definition) is 2. The number of rotatable bonds is 7. The van der Waals surface area contributed by atoms with E-state index in [4.69, 9.17) is 17.0 Å². The largest absolute Gasteiger partial charge is 0.497 e. The van der Waals surface area contributed by atoms with Gasteiger partial charge in [-0.15, -0.1) is 0 Å². The average Bonchev–Trinajstić information content (AvgIpc) is 3.07. The van der Waals surface area contributed by atoms with Crippen LogP contribution >= 0.6 is 12.2 Å². The summed E-state index contributed by atoms with van der Waals surface area (Å²) in [4.78, 5) is 12.4. The molecule has 0 aliphatic heterocycles. The number of carbonyl (C=O) groups is 1. The summed E-state index contributed by atoms with van der Waals surface area (Å²) in [6.45, 7) is 4.72. The molecule has 2 N–H and O–H groups in total. The fourth-order valence-corrected chi connectivity index (χ4v) is 3.10. The van der Waals surface area contributed by atoms with Gasteiger partial charge in [0.2, 0.25) is 5.91 Å². The molecule has 0 atom stereocenters. The van der Waals surface area contributed by atoms with Crippen LogP contribution in [0.25, 0.3) is 11.4 Å². The molecule has 1 amide bonds. The Hall–Kier alpha value is -2.93. The van der Waals surface area contributed by atoms with E-state index in [1.807, 2.05) is 53.1 Å². The predicted octanol–water partition coefficient (Wildman–Crippen LogP) is 4.77. The zero-order valence-electron chi connectivity index (χ0n) is 16.2. The van der Waals surface area contributed by atoms with Crippen molar-refractivity contribution in [2.45, 2.75) is 32.7 Å². The molecule has 0 spiro atoms. The fourth-order valence-electron chi connectivity index (χ4n) is 2.87. The third kappa shape index (κ3) is 4.67. The lowest BCUT2D eigenvalue weighted by Gasteiger charge is -2.10. The number of anilines is 1.